The number of benzene rings is 2. The molecule has 0 saturated heterocycles. The quantitative estimate of drug-likeness (QED) is 0.210. The van der Waals surface area contributed by atoms with Gasteiger partial charge in [0.25, 0.3) is 11.6 Å². The Hall–Kier alpha value is -3.53. The van der Waals surface area contributed by atoms with Crippen molar-refractivity contribution in [3.8, 4) is 11.5 Å². The van der Waals surface area contributed by atoms with Crippen molar-refractivity contribution in [3.05, 3.63) is 52.6 Å². The number of azo groups is 1. The van der Waals surface area contributed by atoms with Gasteiger partial charge in [0, 0.05) is 23.9 Å². The molecule has 2 rings (SSSR count). The molecule has 0 spiro atoms. The van der Waals surface area contributed by atoms with Gasteiger partial charge in [0.1, 0.15) is 17.2 Å². The molecule has 1 amide bonds. The van der Waals surface area contributed by atoms with Gasteiger partial charge in [0.2, 0.25) is 6.04 Å². The van der Waals surface area contributed by atoms with Crippen LogP contribution in [0.5, 0.6) is 11.5 Å². The van der Waals surface area contributed by atoms with Gasteiger partial charge in [0.15, 0.2) is 11.5 Å². The van der Waals surface area contributed by atoms with E-state index in [2.05, 4.69) is 10.2 Å². The highest BCUT2D eigenvalue weighted by Crippen LogP contribution is 2.34. The van der Waals surface area contributed by atoms with E-state index in [-0.39, 0.29) is 22.8 Å². The molecular formula is C18H17ClN4O6. The Morgan fingerprint density at radius 2 is 1.86 bits per heavy atom. The van der Waals surface area contributed by atoms with Gasteiger partial charge in [-0.2, -0.15) is 5.11 Å². The van der Waals surface area contributed by atoms with E-state index in [1.807, 2.05) is 0 Å². The Bertz CT molecular complexity index is 965. The third-order valence-corrected chi connectivity index (χ3v) is 4.12. The first-order valence-electron chi connectivity index (χ1n) is 8.16. The Morgan fingerprint density at radius 3 is 2.45 bits per heavy atom. The highest BCUT2D eigenvalue weighted by Gasteiger charge is 2.30. The molecule has 0 heterocycles. The number of amides is 1. The van der Waals surface area contributed by atoms with Crippen molar-refractivity contribution in [2.24, 2.45) is 10.2 Å². The number of carbonyl (C=O) groups excluding carboxylic acids is 2. The molecule has 0 fully saturated rings. The van der Waals surface area contributed by atoms with Crippen molar-refractivity contribution in [2.75, 3.05) is 18.6 Å². The van der Waals surface area contributed by atoms with Crippen LogP contribution in [0.2, 0.25) is 0 Å². The summed E-state index contributed by atoms with van der Waals surface area (Å²) in [7, 11) is 2.84. The van der Waals surface area contributed by atoms with Gasteiger partial charge >= 0.3 is 0 Å². The summed E-state index contributed by atoms with van der Waals surface area (Å²) in [5.74, 6) is -0.839. The van der Waals surface area contributed by atoms with Crippen molar-refractivity contribution in [2.45, 2.75) is 13.0 Å². The molecule has 2 aromatic rings. The summed E-state index contributed by atoms with van der Waals surface area (Å²) in [6.45, 7) is 1.14. The van der Waals surface area contributed by atoms with Crippen molar-refractivity contribution >= 4 is 40.5 Å². The van der Waals surface area contributed by atoms with Crippen LogP contribution in [0, 0.1) is 10.1 Å². The molecule has 0 aliphatic carbocycles. The first kappa shape index (κ1) is 21.8. The zero-order valence-corrected chi connectivity index (χ0v) is 16.5. The van der Waals surface area contributed by atoms with Crippen LogP contribution in [-0.2, 0) is 9.59 Å². The number of nitrogens with zero attached hydrogens (tertiary/aromatic N) is 4. The molecule has 1 unspecified atom stereocenters. The fourth-order valence-corrected chi connectivity index (χ4v) is 2.53. The molecule has 0 saturated carbocycles. The second-order valence-corrected chi connectivity index (χ2v) is 5.97. The van der Waals surface area contributed by atoms with E-state index >= 15 is 0 Å². The lowest BCUT2D eigenvalue weighted by molar-refractivity contribution is -0.384. The summed E-state index contributed by atoms with van der Waals surface area (Å²) < 4.78 is 11.0. The van der Waals surface area contributed by atoms with Crippen LogP contribution in [0.3, 0.4) is 0 Å². The minimum atomic E-state index is -1.60. The van der Waals surface area contributed by atoms with Crippen LogP contribution < -0.4 is 13.9 Å². The number of nitro benzene ring substituents is 1. The van der Waals surface area contributed by atoms with Crippen LogP contribution in [-0.4, -0.2) is 36.9 Å². The summed E-state index contributed by atoms with van der Waals surface area (Å²) in [5.41, 5.74) is -0.252. The number of nitro groups is 1. The number of rotatable bonds is 8. The van der Waals surface area contributed by atoms with E-state index in [1.54, 1.807) is 6.07 Å². The molecule has 0 aliphatic heterocycles. The van der Waals surface area contributed by atoms with Crippen LogP contribution in [0.4, 0.5) is 17.1 Å². The number of hydrogen-bond acceptors (Lipinski definition) is 8. The molecular weight excluding hydrogens is 404 g/mol. The molecule has 11 heteroatoms. The maximum atomic E-state index is 12.7. The minimum Gasteiger partial charge on any atom is -0.497 e. The van der Waals surface area contributed by atoms with Gasteiger partial charge in [-0.1, -0.05) is 12.1 Å². The average molecular weight is 421 g/mol. The van der Waals surface area contributed by atoms with Gasteiger partial charge in [0.05, 0.1) is 19.1 Å². The summed E-state index contributed by atoms with van der Waals surface area (Å²) in [6.07, 6.45) is 0. The zero-order chi connectivity index (χ0) is 21.6. The van der Waals surface area contributed by atoms with Crippen molar-refractivity contribution in [1.82, 2.24) is 0 Å². The lowest BCUT2D eigenvalue weighted by Gasteiger charge is -2.19. The number of hydrogen-bond donors (Lipinski definition) is 0. The van der Waals surface area contributed by atoms with Crippen molar-refractivity contribution in [1.29, 1.82) is 0 Å². The van der Waals surface area contributed by atoms with Gasteiger partial charge < -0.3 is 9.47 Å². The largest absolute Gasteiger partial charge is 0.497 e. The zero-order valence-electron chi connectivity index (χ0n) is 15.7. The molecule has 29 heavy (non-hydrogen) atoms. The Labute approximate surface area is 171 Å². The standard InChI is InChI=1S/C18H17ClN4O6/c1-11(24)17(21-20-13-6-4-5-7-14(13)23(26)27)18(25)22(19)15-9-8-12(28-2)10-16(15)29-3/h4-10,17H,1-3H3. The van der Waals surface area contributed by atoms with Gasteiger partial charge in [-0.25, -0.2) is 4.42 Å². The van der Waals surface area contributed by atoms with Crippen molar-refractivity contribution < 1.29 is 24.0 Å². The second kappa shape index (κ2) is 9.60. The minimum absolute atomic E-state index is 0.0975. The van der Waals surface area contributed by atoms with Crippen LogP contribution >= 0.6 is 11.8 Å². The number of ketones is 1. The van der Waals surface area contributed by atoms with E-state index in [9.17, 15) is 19.7 Å². The van der Waals surface area contributed by atoms with Gasteiger partial charge in [-0.05, 0) is 25.1 Å². The highest BCUT2D eigenvalue weighted by atomic mass is 35.5. The molecule has 0 radical (unpaired) electrons. The third-order valence-electron chi connectivity index (χ3n) is 3.77. The van der Waals surface area contributed by atoms with Gasteiger partial charge in [-0.15, -0.1) is 5.11 Å². The molecule has 2 aromatic carbocycles. The van der Waals surface area contributed by atoms with Crippen LogP contribution in [0.15, 0.2) is 52.7 Å². The number of carbonyl (C=O) groups is 2. The molecule has 0 aliphatic rings. The van der Waals surface area contributed by atoms with E-state index in [0.29, 0.717) is 10.2 Å². The van der Waals surface area contributed by atoms with Gasteiger partial charge in [-0.3, -0.25) is 19.7 Å². The van der Waals surface area contributed by atoms with E-state index in [4.69, 9.17) is 21.3 Å². The highest BCUT2D eigenvalue weighted by molar-refractivity contribution is 6.39. The van der Waals surface area contributed by atoms with E-state index in [1.165, 1.54) is 50.6 Å². The predicted molar refractivity (Wildman–Crippen MR) is 105 cm³/mol. The van der Waals surface area contributed by atoms with Crippen molar-refractivity contribution in [3.63, 3.8) is 0 Å². The Morgan fingerprint density at radius 1 is 1.17 bits per heavy atom. The Balaban J connectivity index is 2.35. The summed E-state index contributed by atoms with van der Waals surface area (Å²) >= 11 is 6.14. The number of para-hydroxylation sites is 1. The molecule has 10 nitrogen and oxygen atoms in total. The first-order chi connectivity index (χ1) is 13.8. The molecule has 0 N–H and O–H groups in total. The molecule has 0 aromatic heterocycles. The summed E-state index contributed by atoms with van der Waals surface area (Å²) in [4.78, 5) is 35.1. The summed E-state index contributed by atoms with van der Waals surface area (Å²) in [6, 6.07) is 8.48. The number of Topliss-reactive ketones (excluding diaryl/α,β-unsaturated/α-hetero) is 1. The fourth-order valence-electron chi connectivity index (χ4n) is 2.30. The number of ether oxygens (including phenoxy) is 2. The van der Waals surface area contributed by atoms with E-state index < -0.39 is 22.7 Å². The molecule has 152 valence electrons. The molecule has 0 bridgehead atoms. The van der Waals surface area contributed by atoms with E-state index in [0.717, 1.165) is 6.92 Å². The Kier molecular flexibility index (Phi) is 7.21. The van der Waals surface area contributed by atoms with Crippen LogP contribution in [0.1, 0.15) is 6.92 Å². The maximum absolute atomic E-state index is 12.7. The van der Waals surface area contributed by atoms with Crippen LogP contribution in [0.25, 0.3) is 0 Å². The third kappa shape index (κ3) is 5.05. The summed E-state index contributed by atoms with van der Waals surface area (Å²) in [5, 5.41) is 18.5. The fraction of sp³-hybridized carbons (Fsp3) is 0.222. The molecule has 1 atom stereocenters. The first-order valence-corrected chi connectivity index (χ1v) is 8.50. The number of anilines is 1. The monoisotopic (exact) mass is 420 g/mol. The lowest BCUT2D eigenvalue weighted by atomic mass is 10.2. The lowest BCUT2D eigenvalue weighted by Crippen LogP contribution is -2.36. The number of halogens is 1. The topological polar surface area (TPSA) is 124 Å². The predicted octanol–water partition coefficient (Wildman–Crippen LogP) is 3.84. The normalized spacial score (nSPS) is 11.7. The second-order valence-electron chi connectivity index (χ2n) is 5.63. The number of methoxy groups -OCH3 is 2. The average Bonchev–Trinajstić information content (AvgIpc) is 2.72. The SMILES string of the molecule is COc1ccc(N(Cl)C(=O)C(N=Nc2ccccc2[N+](=O)[O-])C(C)=O)c(OC)c1. The maximum Gasteiger partial charge on any atom is 0.296 e. The smallest absolute Gasteiger partial charge is 0.296 e.